The lowest BCUT2D eigenvalue weighted by Crippen LogP contribution is -2.28. The Hall–Kier alpha value is -3.09. The molecule has 1 fully saturated rings. The number of rotatable bonds is 4. The second-order valence-corrected chi connectivity index (χ2v) is 7.82. The summed E-state index contributed by atoms with van der Waals surface area (Å²) in [6.45, 7) is 0.663. The van der Waals surface area contributed by atoms with Gasteiger partial charge in [0.05, 0.1) is 5.41 Å². The zero-order valence-corrected chi connectivity index (χ0v) is 15.7. The van der Waals surface area contributed by atoms with E-state index in [4.69, 9.17) is 0 Å². The van der Waals surface area contributed by atoms with Gasteiger partial charge in [0.25, 0.3) is 0 Å². The number of carbonyl (C=O) groups is 1. The fourth-order valence-electron chi connectivity index (χ4n) is 4.25. The first-order chi connectivity index (χ1) is 14.0. The third kappa shape index (κ3) is 3.20. The van der Waals surface area contributed by atoms with E-state index in [0.717, 1.165) is 37.3 Å². The van der Waals surface area contributed by atoms with Gasteiger partial charge in [0.15, 0.2) is 0 Å². The molecular formula is C22H20F2N4O. The molecule has 3 aromatic rings. The molecule has 0 spiro atoms. The van der Waals surface area contributed by atoms with Gasteiger partial charge >= 0.3 is 0 Å². The zero-order valence-electron chi connectivity index (χ0n) is 15.7. The van der Waals surface area contributed by atoms with E-state index in [-0.39, 0.29) is 17.8 Å². The maximum absolute atomic E-state index is 13.7. The third-order valence-electron chi connectivity index (χ3n) is 5.90. The normalized spacial score (nSPS) is 19.4. The first kappa shape index (κ1) is 18.0. The van der Waals surface area contributed by atoms with E-state index in [9.17, 15) is 13.6 Å². The van der Waals surface area contributed by atoms with Crippen LogP contribution < -0.4 is 5.32 Å². The third-order valence-corrected chi connectivity index (χ3v) is 5.90. The summed E-state index contributed by atoms with van der Waals surface area (Å²) in [5.41, 5.74) is 1.02. The second-order valence-electron chi connectivity index (χ2n) is 7.82. The first-order valence-corrected chi connectivity index (χ1v) is 9.83. The van der Waals surface area contributed by atoms with Crippen LogP contribution in [0.1, 0.15) is 48.6 Å². The molecule has 1 N–H and O–H groups in total. The van der Waals surface area contributed by atoms with Gasteiger partial charge in [0.2, 0.25) is 11.9 Å². The van der Waals surface area contributed by atoms with Crippen LogP contribution in [0, 0.1) is 11.6 Å². The molecule has 0 radical (unpaired) electrons. The first-order valence-electron chi connectivity index (χ1n) is 9.83. The number of aromatic nitrogens is 3. The predicted octanol–water partition coefficient (Wildman–Crippen LogP) is 4.15. The number of benzene rings is 2. The van der Waals surface area contributed by atoms with E-state index >= 15 is 0 Å². The van der Waals surface area contributed by atoms with Crippen LogP contribution in [0.15, 0.2) is 48.5 Å². The number of hydrogen-bond acceptors (Lipinski definition) is 3. The van der Waals surface area contributed by atoms with Gasteiger partial charge in [-0.25, -0.2) is 13.5 Å². The topological polar surface area (TPSA) is 59.8 Å². The molecule has 1 atom stereocenters. The van der Waals surface area contributed by atoms with Crippen molar-refractivity contribution in [1.82, 2.24) is 14.8 Å². The number of fused-ring (bicyclic) bond motifs is 1. The summed E-state index contributed by atoms with van der Waals surface area (Å²) in [6, 6.07) is 13.3. The quantitative estimate of drug-likeness (QED) is 0.723. The minimum Gasteiger partial charge on any atom is -0.292 e. The second kappa shape index (κ2) is 6.76. The van der Waals surface area contributed by atoms with Crippen LogP contribution in [0.5, 0.6) is 0 Å². The molecule has 2 aliphatic rings. The van der Waals surface area contributed by atoms with Crippen LogP contribution in [0.2, 0.25) is 0 Å². The fraction of sp³-hybridized carbons (Fsp3) is 0.318. The molecule has 2 heterocycles. The lowest BCUT2D eigenvalue weighted by Gasteiger charge is -2.22. The number of hydrogen-bond donors (Lipinski definition) is 1. The van der Waals surface area contributed by atoms with Crippen LogP contribution in [0.4, 0.5) is 14.7 Å². The Bertz CT molecular complexity index is 1060. The Kier molecular flexibility index (Phi) is 4.19. The number of nitrogens with one attached hydrogen (secondary N) is 1. The average molecular weight is 394 g/mol. The van der Waals surface area contributed by atoms with E-state index < -0.39 is 17.0 Å². The molecule has 1 amide bonds. The lowest BCUT2D eigenvalue weighted by atomic mass is 9.91. The van der Waals surface area contributed by atoms with Crippen LogP contribution in [0.25, 0.3) is 0 Å². The highest BCUT2D eigenvalue weighted by atomic mass is 19.1. The van der Waals surface area contributed by atoms with Gasteiger partial charge < -0.3 is 0 Å². The molecule has 5 rings (SSSR count). The van der Waals surface area contributed by atoms with Crippen molar-refractivity contribution in [3.8, 4) is 0 Å². The molecule has 29 heavy (non-hydrogen) atoms. The summed E-state index contributed by atoms with van der Waals surface area (Å²) in [5.74, 6) is -0.708. The summed E-state index contributed by atoms with van der Waals surface area (Å²) >= 11 is 0. The molecule has 1 saturated carbocycles. The smallest absolute Gasteiger partial charge is 0.249 e. The molecule has 0 bridgehead atoms. The van der Waals surface area contributed by atoms with Gasteiger partial charge in [-0.3, -0.25) is 10.1 Å². The van der Waals surface area contributed by atoms with E-state index in [2.05, 4.69) is 15.4 Å². The standard InChI is InChI=1S/C22H20F2N4O/c23-16-11-14(12-17(24)13-16)18-7-4-10-28-19(18)25-21(27-28)26-20(29)22(8-9-22)15-5-2-1-3-6-15/h1-3,5-6,11-13,18H,4,7-10H2,(H,26,27,29). The Labute approximate surface area is 166 Å². The summed E-state index contributed by atoms with van der Waals surface area (Å²) < 4.78 is 29.1. The maximum atomic E-state index is 13.7. The van der Waals surface area contributed by atoms with Crippen molar-refractivity contribution in [2.75, 3.05) is 5.32 Å². The molecule has 1 aliphatic heterocycles. The predicted molar refractivity (Wildman–Crippen MR) is 103 cm³/mol. The molecular weight excluding hydrogens is 374 g/mol. The highest BCUT2D eigenvalue weighted by Gasteiger charge is 2.51. The molecule has 148 valence electrons. The highest BCUT2D eigenvalue weighted by molar-refractivity contribution is 6.00. The Morgan fingerprint density at radius 2 is 1.83 bits per heavy atom. The Balaban J connectivity index is 1.41. The molecule has 0 saturated heterocycles. The molecule has 1 aliphatic carbocycles. The van der Waals surface area contributed by atoms with E-state index in [1.54, 1.807) is 4.68 Å². The van der Waals surface area contributed by atoms with E-state index in [1.165, 1.54) is 12.1 Å². The molecule has 1 unspecified atom stereocenters. The average Bonchev–Trinajstić information content (AvgIpc) is 3.42. The molecule has 1 aromatic heterocycles. The van der Waals surface area contributed by atoms with E-state index in [0.29, 0.717) is 17.9 Å². The summed E-state index contributed by atoms with van der Waals surface area (Å²) in [7, 11) is 0. The number of carbonyl (C=O) groups excluding carboxylic acids is 1. The van der Waals surface area contributed by atoms with Crippen molar-refractivity contribution in [2.45, 2.75) is 43.6 Å². The minimum absolute atomic E-state index is 0.111. The SMILES string of the molecule is O=C(Nc1nc2n(n1)CCCC2c1cc(F)cc(F)c1)C1(c2ccccc2)CC1. The van der Waals surface area contributed by atoms with Gasteiger partial charge in [-0.1, -0.05) is 30.3 Å². The lowest BCUT2D eigenvalue weighted by molar-refractivity contribution is -0.118. The summed E-state index contributed by atoms with van der Waals surface area (Å²) in [5, 5.41) is 7.30. The van der Waals surface area contributed by atoms with Crippen molar-refractivity contribution in [1.29, 1.82) is 0 Å². The van der Waals surface area contributed by atoms with Gasteiger partial charge in [0, 0.05) is 18.5 Å². The Morgan fingerprint density at radius 1 is 1.10 bits per heavy atom. The van der Waals surface area contributed by atoms with Crippen molar-refractivity contribution in [3.05, 3.63) is 77.1 Å². The largest absolute Gasteiger partial charge is 0.292 e. The monoisotopic (exact) mass is 394 g/mol. The number of nitrogens with zero attached hydrogens (tertiary/aromatic N) is 3. The van der Waals surface area contributed by atoms with Gasteiger partial charge in [0.1, 0.15) is 17.5 Å². The van der Waals surface area contributed by atoms with Crippen molar-refractivity contribution in [3.63, 3.8) is 0 Å². The Morgan fingerprint density at radius 3 is 2.52 bits per heavy atom. The number of halogens is 2. The zero-order chi connectivity index (χ0) is 20.0. The van der Waals surface area contributed by atoms with Crippen molar-refractivity contribution >= 4 is 11.9 Å². The van der Waals surface area contributed by atoms with E-state index in [1.807, 2.05) is 30.3 Å². The summed E-state index contributed by atoms with van der Waals surface area (Å²) in [6.07, 6.45) is 3.13. The maximum Gasteiger partial charge on any atom is 0.249 e. The van der Waals surface area contributed by atoms with Crippen LogP contribution in [0.3, 0.4) is 0 Å². The molecule has 2 aromatic carbocycles. The van der Waals surface area contributed by atoms with Gasteiger partial charge in [-0.15, -0.1) is 5.10 Å². The minimum atomic E-state index is -0.608. The fourth-order valence-corrected chi connectivity index (χ4v) is 4.25. The number of aryl methyl sites for hydroxylation is 1. The molecule has 5 nitrogen and oxygen atoms in total. The number of anilines is 1. The number of amides is 1. The van der Waals surface area contributed by atoms with Crippen molar-refractivity contribution < 1.29 is 13.6 Å². The summed E-state index contributed by atoms with van der Waals surface area (Å²) in [4.78, 5) is 17.5. The molecule has 7 heteroatoms. The van der Waals surface area contributed by atoms with Gasteiger partial charge in [-0.05, 0) is 48.9 Å². The van der Waals surface area contributed by atoms with Crippen molar-refractivity contribution in [2.24, 2.45) is 0 Å². The van der Waals surface area contributed by atoms with Crippen LogP contribution in [-0.4, -0.2) is 20.7 Å². The van der Waals surface area contributed by atoms with Gasteiger partial charge in [-0.2, -0.15) is 4.98 Å². The van der Waals surface area contributed by atoms with Crippen LogP contribution >= 0.6 is 0 Å². The highest BCUT2D eigenvalue weighted by Crippen LogP contribution is 2.48. The van der Waals surface area contributed by atoms with Crippen LogP contribution in [-0.2, 0) is 16.8 Å².